The summed E-state index contributed by atoms with van der Waals surface area (Å²) in [4.78, 5) is 10.4. The monoisotopic (exact) mass is 240 g/mol. The van der Waals surface area contributed by atoms with Gasteiger partial charge >= 0.3 is 0 Å². The highest BCUT2D eigenvalue weighted by Gasteiger charge is 2.17. The van der Waals surface area contributed by atoms with Crippen LogP contribution in [0.25, 0.3) is 0 Å². The molecule has 0 fully saturated rings. The largest absolute Gasteiger partial charge is 0.495 e. The van der Waals surface area contributed by atoms with Gasteiger partial charge in [-0.05, 0) is 7.05 Å². The molecule has 0 aliphatic carbocycles. The van der Waals surface area contributed by atoms with E-state index in [9.17, 15) is 10.1 Å². The van der Waals surface area contributed by atoms with Crippen LogP contribution in [-0.2, 0) is 0 Å². The second-order valence-corrected chi connectivity index (χ2v) is 3.40. The van der Waals surface area contributed by atoms with Gasteiger partial charge in [0.05, 0.1) is 17.7 Å². The Morgan fingerprint density at radius 3 is 2.71 bits per heavy atom. The average Bonchev–Trinajstić information content (AvgIpc) is 2.30. The zero-order chi connectivity index (χ0) is 12.8. The molecule has 0 spiro atoms. The number of rotatable bonds is 6. The first-order valence-electron chi connectivity index (χ1n) is 5.10. The van der Waals surface area contributed by atoms with Gasteiger partial charge in [0.2, 0.25) is 0 Å². The van der Waals surface area contributed by atoms with Crippen LogP contribution in [0.5, 0.6) is 5.75 Å². The molecule has 1 rings (SSSR count). The first-order valence-corrected chi connectivity index (χ1v) is 5.10. The molecule has 0 bridgehead atoms. The van der Waals surface area contributed by atoms with Crippen molar-refractivity contribution in [3.63, 3.8) is 0 Å². The fourth-order valence-electron chi connectivity index (χ4n) is 1.38. The summed E-state index contributed by atoms with van der Waals surface area (Å²) in [5, 5.41) is 16.8. The maximum Gasteiger partial charge on any atom is 0.294 e. The van der Waals surface area contributed by atoms with Crippen LogP contribution < -0.4 is 21.1 Å². The number of nitro groups is 1. The van der Waals surface area contributed by atoms with Crippen LogP contribution in [0.1, 0.15) is 0 Å². The van der Waals surface area contributed by atoms with Crippen molar-refractivity contribution in [1.82, 2.24) is 5.32 Å². The predicted molar refractivity (Wildman–Crippen MR) is 66.5 cm³/mol. The van der Waals surface area contributed by atoms with Gasteiger partial charge in [-0.3, -0.25) is 10.1 Å². The van der Waals surface area contributed by atoms with Crippen molar-refractivity contribution in [3.05, 3.63) is 22.2 Å². The Hall–Kier alpha value is -2.02. The van der Waals surface area contributed by atoms with Crippen molar-refractivity contribution in [1.29, 1.82) is 0 Å². The van der Waals surface area contributed by atoms with Gasteiger partial charge in [0.15, 0.2) is 0 Å². The van der Waals surface area contributed by atoms with E-state index in [0.29, 0.717) is 24.5 Å². The van der Waals surface area contributed by atoms with E-state index in [1.54, 1.807) is 7.05 Å². The van der Waals surface area contributed by atoms with Crippen molar-refractivity contribution in [2.75, 3.05) is 38.3 Å². The predicted octanol–water partition coefficient (Wildman–Crippen LogP) is 0.817. The number of nitrogens with one attached hydrogen (secondary N) is 2. The van der Waals surface area contributed by atoms with Gasteiger partial charge in [0.25, 0.3) is 5.69 Å². The van der Waals surface area contributed by atoms with E-state index in [-0.39, 0.29) is 11.4 Å². The summed E-state index contributed by atoms with van der Waals surface area (Å²) >= 11 is 0. The van der Waals surface area contributed by atoms with E-state index in [1.807, 2.05) is 0 Å². The van der Waals surface area contributed by atoms with Crippen LogP contribution in [0, 0.1) is 10.1 Å². The molecule has 1 aromatic carbocycles. The SMILES string of the molecule is CNCCNc1cc(OC)c(N)cc1[N+](=O)[O-]. The van der Waals surface area contributed by atoms with Gasteiger partial charge in [0, 0.05) is 25.2 Å². The van der Waals surface area contributed by atoms with E-state index in [2.05, 4.69) is 10.6 Å². The van der Waals surface area contributed by atoms with E-state index in [1.165, 1.54) is 19.2 Å². The van der Waals surface area contributed by atoms with E-state index < -0.39 is 4.92 Å². The van der Waals surface area contributed by atoms with Crippen LogP contribution in [0.4, 0.5) is 17.1 Å². The molecular formula is C10H16N4O3. The Morgan fingerprint density at radius 1 is 1.47 bits per heavy atom. The number of likely N-dealkylation sites (N-methyl/N-ethyl adjacent to an activating group) is 1. The molecule has 0 saturated carbocycles. The zero-order valence-electron chi connectivity index (χ0n) is 9.82. The summed E-state index contributed by atoms with van der Waals surface area (Å²) in [6.45, 7) is 1.27. The van der Waals surface area contributed by atoms with E-state index >= 15 is 0 Å². The Bertz CT molecular complexity index is 409. The number of hydrogen-bond acceptors (Lipinski definition) is 6. The van der Waals surface area contributed by atoms with Crippen LogP contribution in [0.15, 0.2) is 12.1 Å². The highest BCUT2D eigenvalue weighted by atomic mass is 16.6. The smallest absolute Gasteiger partial charge is 0.294 e. The highest BCUT2D eigenvalue weighted by molar-refractivity contribution is 5.72. The molecule has 0 aliphatic rings. The molecule has 0 heterocycles. The number of anilines is 2. The second-order valence-electron chi connectivity index (χ2n) is 3.40. The summed E-state index contributed by atoms with van der Waals surface area (Å²) in [6.07, 6.45) is 0. The topological polar surface area (TPSA) is 102 Å². The molecule has 0 atom stereocenters. The van der Waals surface area contributed by atoms with Gasteiger partial charge in [-0.1, -0.05) is 0 Å². The molecule has 17 heavy (non-hydrogen) atoms. The number of methoxy groups -OCH3 is 1. The minimum Gasteiger partial charge on any atom is -0.495 e. The van der Waals surface area contributed by atoms with Gasteiger partial charge in [0.1, 0.15) is 11.4 Å². The van der Waals surface area contributed by atoms with Gasteiger partial charge in [-0.2, -0.15) is 0 Å². The Morgan fingerprint density at radius 2 is 2.18 bits per heavy atom. The summed E-state index contributed by atoms with van der Waals surface area (Å²) in [6, 6.07) is 2.82. The van der Waals surface area contributed by atoms with E-state index in [0.717, 1.165) is 0 Å². The summed E-state index contributed by atoms with van der Waals surface area (Å²) in [5.41, 5.74) is 6.22. The quantitative estimate of drug-likeness (QED) is 0.294. The normalized spacial score (nSPS) is 10.0. The first-order chi connectivity index (χ1) is 8.10. The molecule has 0 amide bonds. The number of nitrogens with two attached hydrogens (primary N) is 1. The Balaban J connectivity index is 3.01. The van der Waals surface area contributed by atoms with Gasteiger partial charge in [-0.25, -0.2) is 0 Å². The molecule has 7 heteroatoms. The third kappa shape index (κ3) is 3.22. The lowest BCUT2D eigenvalue weighted by Gasteiger charge is -2.10. The van der Waals surface area contributed by atoms with Crippen molar-refractivity contribution >= 4 is 17.1 Å². The summed E-state index contributed by atoms with van der Waals surface area (Å²) in [5.74, 6) is 0.419. The Labute approximate surface area is 99.1 Å². The zero-order valence-corrected chi connectivity index (χ0v) is 9.82. The third-order valence-corrected chi connectivity index (χ3v) is 2.24. The number of ether oxygens (including phenoxy) is 1. The standard InChI is InChI=1S/C10H16N4O3/c1-12-3-4-13-8-6-10(17-2)7(11)5-9(8)14(15)16/h5-6,12-13H,3-4,11H2,1-2H3. The number of benzene rings is 1. The van der Waals surface area contributed by atoms with Crippen molar-refractivity contribution in [2.24, 2.45) is 0 Å². The Kier molecular flexibility index (Phi) is 4.53. The molecule has 0 aromatic heterocycles. The molecule has 1 aromatic rings. The van der Waals surface area contributed by atoms with E-state index in [4.69, 9.17) is 10.5 Å². The minimum atomic E-state index is -0.475. The first kappa shape index (κ1) is 13.0. The number of nitro benzene ring substituents is 1. The lowest BCUT2D eigenvalue weighted by Crippen LogP contribution is -2.18. The summed E-state index contributed by atoms with van der Waals surface area (Å²) in [7, 11) is 3.27. The number of nitrogens with zero attached hydrogens (tertiary/aromatic N) is 1. The maximum absolute atomic E-state index is 10.9. The number of nitrogen functional groups attached to an aromatic ring is 1. The van der Waals surface area contributed by atoms with Crippen molar-refractivity contribution < 1.29 is 9.66 Å². The average molecular weight is 240 g/mol. The second kappa shape index (κ2) is 5.90. The minimum absolute atomic E-state index is 0.0561. The maximum atomic E-state index is 10.9. The molecular weight excluding hydrogens is 224 g/mol. The molecule has 0 radical (unpaired) electrons. The van der Waals surface area contributed by atoms with Crippen molar-refractivity contribution in [3.8, 4) is 5.75 Å². The van der Waals surface area contributed by atoms with Crippen LogP contribution in [-0.4, -0.2) is 32.2 Å². The van der Waals surface area contributed by atoms with Crippen LogP contribution in [0.2, 0.25) is 0 Å². The molecule has 0 saturated heterocycles. The molecule has 4 N–H and O–H groups in total. The molecule has 0 aliphatic heterocycles. The highest BCUT2D eigenvalue weighted by Crippen LogP contribution is 2.34. The number of hydrogen-bond donors (Lipinski definition) is 3. The lowest BCUT2D eigenvalue weighted by molar-refractivity contribution is -0.383. The fourth-order valence-corrected chi connectivity index (χ4v) is 1.38. The third-order valence-electron chi connectivity index (χ3n) is 2.24. The van der Waals surface area contributed by atoms with Gasteiger partial charge < -0.3 is 21.1 Å². The van der Waals surface area contributed by atoms with Crippen LogP contribution in [0.3, 0.4) is 0 Å². The molecule has 94 valence electrons. The van der Waals surface area contributed by atoms with Crippen molar-refractivity contribution in [2.45, 2.75) is 0 Å². The summed E-state index contributed by atoms with van der Waals surface area (Å²) < 4.78 is 5.02. The van der Waals surface area contributed by atoms with Crippen LogP contribution >= 0.6 is 0 Å². The lowest BCUT2D eigenvalue weighted by atomic mass is 10.2. The molecule has 0 unspecified atom stereocenters. The van der Waals surface area contributed by atoms with Gasteiger partial charge in [-0.15, -0.1) is 0 Å². The fraction of sp³-hybridized carbons (Fsp3) is 0.400. The molecule has 7 nitrogen and oxygen atoms in total.